The largest absolute Gasteiger partial charge is 0.493 e. The van der Waals surface area contributed by atoms with Crippen LogP contribution in [0.5, 0.6) is 5.75 Å². The van der Waals surface area contributed by atoms with Crippen LogP contribution >= 0.6 is 0 Å². The van der Waals surface area contributed by atoms with Crippen LogP contribution in [-0.2, 0) is 6.42 Å². The molecule has 0 aliphatic heterocycles. The van der Waals surface area contributed by atoms with Crippen LogP contribution in [0.25, 0.3) is 11.1 Å². The summed E-state index contributed by atoms with van der Waals surface area (Å²) in [7, 11) is 0. The highest BCUT2D eigenvalue weighted by molar-refractivity contribution is 5.70. The van der Waals surface area contributed by atoms with Crippen LogP contribution in [-0.4, -0.2) is 13.2 Å². The van der Waals surface area contributed by atoms with E-state index in [9.17, 15) is 0 Å². The fourth-order valence-electron chi connectivity index (χ4n) is 2.89. The van der Waals surface area contributed by atoms with E-state index in [0.29, 0.717) is 0 Å². The van der Waals surface area contributed by atoms with Gasteiger partial charge in [-0.3, -0.25) is 0 Å². The third kappa shape index (κ3) is 6.01. The lowest BCUT2D eigenvalue weighted by Crippen LogP contribution is -1.99. The van der Waals surface area contributed by atoms with E-state index in [1.54, 1.807) is 0 Å². The van der Waals surface area contributed by atoms with Crippen LogP contribution in [0.1, 0.15) is 51.0 Å². The van der Waals surface area contributed by atoms with Gasteiger partial charge in [0.05, 0.1) is 6.61 Å². The molecule has 0 saturated carbocycles. The van der Waals surface area contributed by atoms with Crippen molar-refractivity contribution in [2.75, 3.05) is 13.2 Å². The second-order valence-electron chi connectivity index (χ2n) is 6.31. The van der Waals surface area contributed by atoms with Gasteiger partial charge in [-0.25, -0.2) is 0 Å². The van der Waals surface area contributed by atoms with E-state index in [1.807, 2.05) is 6.07 Å². The Labute approximate surface area is 147 Å². The Morgan fingerprint density at radius 2 is 1.46 bits per heavy atom. The zero-order valence-electron chi connectivity index (χ0n) is 15.0. The van der Waals surface area contributed by atoms with Crippen molar-refractivity contribution >= 4 is 0 Å². The first-order chi connectivity index (χ1) is 11.8. The van der Waals surface area contributed by atoms with Gasteiger partial charge in [0, 0.05) is 5.56 Å². The number of hydrogen-bond acceptors (Lipinski definition) is 2. The topological polar surface area (TPSA) is 35.2 Å². The summed E-state index contributed by atoms with van der Waals surface area (Å²) >= 11 is 0. The van der Waals surface area contributed by atoms with E-state index in [-0.39, 0.29) is 0 Å². The number of nitrogens with two attached hydrogens (primary N) is 1. The zero-order valence-corrected chi connectivity index (χ0v) is 15.0. The Bertz CT molecular complexity index is 577. The number of benzene rings is 2. The quantitative estimate of drug-likeness (QED) is 0.546. The molecular formula is C22H31NO. The van der Waals surface area contributed by atoms with Crippen LogP contribution < -0.4 is 10.5 Å². The number of aryl methyl sites for hydroxylation is 1. The van der Waals surface area contributed by atoms with Crippen molar-refractivity contribution < 1.29 is 4.74 Å². The Morgan fingerprint density at radius 1 is 0.792 bits per heavy atom. The van der Waals surface area contributed by atoms with Crippen LogP contribution in [0.15, 0.2) is 48.5 Å². The van der Waals surface area contributed by atoms with E-state index in [4.69, 9.17) is 10.5 Å². The predicted octanol–water partition coefficient (Wildman–Crippen LogP) is 5.59. The number of hydrogen-bond donors (Lipinski definition) is 1. The lowest BCUT2D eigenvalue weighted by Gasteiger charge is -2.12. The molecule has 0 spiro atoms. The minimum absolute atomic E-state index is 0.793. The standard InChI is InChI=1S/C22H31NO/c1-2-19-13-15-20(16-14-19)21-11-7-8-12-22(21)24-18-10-6-4-3-5-9-17-23/h7-8,11-16H,2-6,9-10,17-18,23H2,1H3. The first-order valence-electron chi connectivity index (χ1n) is 9.36. The molecule has 2 aromatic rings. The number of ether oxygens (including phenoxy) is 1. The minimum atomic E-state index is 0.793. The fraction of sp³-hybridized carbons (Fsp3) is 0.455. The van der Waals surface area contributed by atoms with Crippen LogP contribution in [0.4, 0.5) is 0 Å². The molecule has 2 aromatic carbocycles. The van der Waals surface area contributed by atoms with Gasteiger partial charge < -0.3 is 10.5 Å². The van der Waals surface area contributed by atoms with E-state index in [0.717, 1.165) is 38.2 Å². The molecule has 0 saturated heterocycles. The second kappa shape index (κ2) is 10.9. The van der Waals surface area contributed by atoms with E-state index < -0.39 is 0 Å². The van der Waals surface area contributed by atoms with Gasteiger partial charge in [0.25, 0.3) is 0 Å². The highest BCUT2D eigenvalue weighted by Gasteiger charge is 2.05. The summed E-state index contributed by atoms with van der Waals surface area (Å²) in [5, 5.41) is 0. The summed E-state index contributed by atoms with van der Waals surface area (Å²) in [6.45, 7) is 3.79. The Kier molecular flexibility index (Phi) is 8.40. The van der Waals surface area contributed by atoms with E-state index in [1.165, 1.54) is 42.4 Å². The average Bonchev–Trinajstić information content (AvgIpc) is 2.64. The summed E-state index contributed by atoms with van der Waals surface area (Å²) in [5.74, 6) is 0.991. The summed E-state index contributed by atoms with van der Waals surface area (Å²) in [4.78, 5) is 0. The molecule has 24 heavy (non-hydrogen) atoms. The van der Waals surface area contributed by atoms with E-state index in [2.05, 4.69) is 49.4 Å². The lowest BCUT2D eigenvalue weighted by molar-refractivity contribution is 0.305. The summed E-state index contributed by atoms with van der Waals surface area (Å²) in [6, 6.07) is 17.1. The molecule has 0 bridgehead atoms. The SMILES string of the molecule is CCc1ccc(-c2ccccc2OCCCCCCCCN)cc1. The maximum absolute atomic E-state index is 6.06. The van der Waals surface area contributed by atoms with Crippen molar-refractivity contribution in [3.8, 4) is 16.9 Å². The molecule has 0 fully saturated rings. The van der Waals surface area contributed by atoms with Gasteiger partial charge in [-0.05, 0) is 43.0 Å². The normalized spacial score (nSPS) is 10.8. The zero-order chi connectivity index (χ0) is 17.0. The molecule has 0 heterocycles. The lowest BCUT2D eigenvalue weighted by atomic mass is 10.0. The van der Waals surface area contributed by atoms with Gasteiger partial charge in [0.1, 0.15) is 5.75 Å². The fourth-order valence-corrected chi connectivity index (χ4v) is 2.89. The number of rotatable bonds is 11. The summed E-state index contributed by atoms with van der Waals surface area (Å²) < 4.78 is 6.06. The van der Waals surface area contributed by atoms with E-state index >= 15 is 0 Å². The molecular weight excluding hydrogens is 294 g/mol. The highest BCUT2D eigenvalue weighted by Crippen LogP contribution is 2.30. The smallest absolute Gasteiger partial charge is 0.127 e. The van der Waals surface area contributed by atoms with Gasteiger partial charge in [-0.2, -0.15) is 0 Å². The molecule has 0 aromatic heterocycles. The third-order valence-corrected chi connectivity index (χ3v) is 4.42. The molecule has 0 unspecified atom stereocenters. The average molecular weight is 325 g/mol. The molecule has 2 N–H and O–H groups in total. The monoisotopic (exact) mass is 325 g/mol. The van der Waals surface area contributed by atoms with Gasteiger partial charge in [0.15, 0.2) is 0 Å². The maximum atomic E-state index is 6.06. The van der Waals surface area contributed by atoms with Crippen LogP contribution in [0.2, 0.25) is 0 Å². The second-order valence-corrected chi connectivity index (χ2v) is 6.31. The van der Waals surface area contributed by atoms with Crippen molar-refractivity contribution in [2.45, 2.75) is 51.9 Å². The van der Waals surface area contributed by atoms with Crippen LogP contribution in [0.3, 0.4) is 0 Å². The highest BCUT2D eigenvalue weighted by atomic mass is 16.5. The van der Waals surface area contributed by atoms with Gasteiger partial charge in [-0.15, -0.1) is 0 Å². The maximum Gasteiger partial charge on any atom is 0.127 e. The van der Waals surface area contributed by atoms with Crippen LogP contribution in [0, 0.1) is 0 Å². The van der Waals surface area contributed by atoms with Gasteiger partial charge in [-0.1, -0.05) is 75.1 Å². The molecule has 0 atom stereocenters. The number of para-hydroxylation sites is 1. The minimum Gasteiger partial charge on any atom is -0.493 e. The molecule has 2 nitrogen and oxygen atoms in total. The summed E-state index contributed by atoms with van der Waals surface area (Å²) in [5.41, 5.74) is 9.29. The Balaban J connectivity index is 1.83. The molecule has 130 valence electrons. The molecule has 2 rings (SSSR count). The van der Waals surface area contributed by atoms with Crippen molar-refractivity contribution in [3.63, 3.8) is 0 Å². The summed E-state index contributed by atoms with van der Waals surface area (Å²) in [6.07, 6.45) is 8.41. The number of unbranched alkanes of at least 4 members (excludes halogenated alkanes) is 5. The van der Waals surface area contributed by atoms with Crippen molar-refractivity contribution in [2.24, 2.45) is 5.73 Å². The first kappa shape index (κ1) is 18.5. The molecule has 0 radical (unpaired) electrons. The molecule has 2 heteroatoms. The van der Waals surface area contributed by atoms with Gasteiger partial charge in [0.2, 0.25) is 0 Å². The predicted molar refractivity (Wildman–Crippen MR) is 104 cm³/mol. The Morgan fingerprint density at radius 3 is 2.17 bits per heavy atom. The molecule has 0 amide bonds. The first-order valence-corrected chi connectivity index (χ1v) is 9.36. The van der Waals surface area contributed by atoms with Crippen molar-refractivity contribution in [1.82, 2.24) is 0 Å². The molecule has 0 aliphatic carbocycles. The van der Waals surface area contributed by atoms with Crippen molar-refractivity contribution in [1.29, 1.82) is 0 Å². The Hall–Kier alpha value is -1.80. The third-order valence-electron chi connectivity index (χ3n) is 4.42. The van der Waals surface area contributed by atoms with Gasteiger partial charge >= 0.3 is 0 Å². The molecule has 0 aliphatic rings. The van der Waals surface area contributed by atoms with Crippen molar-refractivity contribution in [3.05, 3.63) is 54.1 Å².